The number of non-ortho nitro benzene ring substituents is 1. The summed E-state index contributed by atoms with van der Waals surface area (Å²) in [6.07, 6.45) is 0.781. The van der Waals surface area contributed by atoms with Crippen LogP contribution in [0.15, 0.2) is 18.2 Å². The molecule has 0 aromatic heterocycles. The predicted octanol–water partition coefficient (Wildman–Crippen LogP) is 2.80. The van der Waals surface area contributed by atoms with Crippen molar-refractivity contribution in [3.8, 4) is 0 Å². The number of nitrogens with zero attached hydrogens (tertiary/aromatic N) is 1. The molecule has 0 bridgehead atoms. The Labute approximate surface area is 104 Å². The zero-order valence-corrected chi connectivity index (χ0v) is 10.3. The highest BCUT2D eigenvalue weighted by molar-refractivity contribution is 6.31. The fourth-order valence-corrected chi connectivity index (χ4v) is 1.44. The van der Waals surface area contributed by atoms with Crippen molar-refractivity contribution in [2.24, 2.45) is 0 Å². The minimum absolute atomic E-state index is 0.0184. The molecule has 0 unspecified atom stereocenters. The maximum Gasteiger partial charge on any atom is 0.269 e. The van der Waals surface area contributed by atoms with Gasteiger partial charge in [-0.3, -0.25) is 10.1 Å². The average molecular weight is 260 g/mol. The zero-order valence-electron chi connectivity index (χ0n) is 9.52. The Balaban J connectivity index is 2.51. The highest BCUT2D eigenvalue weighted by atomic mass is 35.5. The van der Waals surface area contributed by atoms with Crippen molar-refractivity contribution in [3.05, 3.63) is 38.9 Å². The van der Waals surface area contributed by atoms with E-state index in [1.165, 1.54) is 18.2 Å². The molecular weight excluding hydrogens is 246 g/mol. The third kappa shape index (κ3) is 4.68. The summed E-state index contributed by atoms with van der Waals surface area (Å²) in [5.41, 5.74) is 0.642. The van der Waals surface area contributed by atoms with Crippen LogP contribution in [0.4, 0.5) is 5.69 Å². The van der Waals surface area contributed by atoms with Crippen LogP contribution in [0, 0.1) is 10.1 Å². The first-order chi connectivity index (χ1) is 8.15. The molecule has 0 amide bonds. The van der Waals surface area contributed by atoms with Gasteiger partial charge in [-0.05, 0) is 12.5 Å². The summed E-state index contributed by atoms with van der Waals surface area (Å²) in [5, 5.41) is 11.1. The summed E-state index contributed by atoms with van der Waals surface area (Å²) in [6.45, 7) is 1.43. The quantitative estimate of drug-likeness (QED) is 0.429. The largest absolute Gasteiger partial charge is 0.385 e. The van der Waals surface area contributed by atoms with Crippen molar-refractivity contribution >= 4 is 17.3 Å². The number of hydrogen-bond donors (Lipinski definition) is 0. The minimum Gasteiger partial charge on any atom is -0.385 e. The van der Waals surface area contributed by atoms with Crippen molar-refractivity contribution in [3.63, 3.8) is 0 Å². The first-order valence-corrected chi connectivity index (χ1v) is 5.52. The lowest BCUT2D eigenvalue weighted by molar-refractivity contribution is -0.384. The van der Waals surface area contributed by atoms with Crippen LogP contribution in [-0.4, -0.2) is 25.2 Å². The normalized spacial score (nSPS) is 10.5. The third-order valence-electron chi connectivity index (χ3n) is 2.13. The molecule has 0 saturated heterocycles. The standard InChI is InChI=1S/C11H14ClNO4/c1-16-5-2-6-17-8-9-7-10(13(14)15)3-4-11(9)12/h3-4,7H,2,5-6,8H2,1H3. The second kappa shape index (κ2) is 7.21. The van der Waals surface area contributed by atoms with E-state index < -0.39 is 4.92 Å². The summed E-state index contributed by atoms with van der Waals surface area (Å²) in [5.74, 6) is 0. The van der Waals surface area contributed by atoms with Crippen LogP contribution < -0.4 is 0 Å². The smallest absolute Gasteiger partial charge is 0.269 e. The molecule has 0 saturated carbocycles. The van der Waals surface area contributed by atoms with Gasteiger partial charge in [-0.15, -0.1) is 0 Å². The van der Waals surface area contributed by atoms with Crippen LogP contribution in [0.25, 0.3) is 0 Å². The van der Waals surface area contributed by atoms with Crippen molar-refractivity contribution in [1.29, 1.82) is 0 Å². The summed E-state index contributed by atoms with van der Waals surface area (Å²) >= 11 is 5.91. The molecule has 0 aliphatic carbocycles. The number of nitro benzene ring substituents is 1. The molecule has 1 aromatic rings. The molecule has 0 spiro atoms. The van der Waals surface area contributed by atoms with Gasteiger partial charge in [0.1, 0.15) is 0 Å². The van der Waals surface area contributed by atoms with Crippen molar-refractivity contribution in [1.82, 2.24) is 0 Å². The number of methoxy groups -OCH3 is 1. The minimum atomic E-state index is -0.454. The molecule has 1 rings (SSSR count). The Morgan fingerprint density at radius 1 is 1.41 bits per heavy atom. The van der Waals surface area contributed by atoms with Crippen LogP contribution >= 0.6 is 11.6 Å². The molecule has 0 fully saturated rings. The van der Waals surface area contributed by atoms with E-state index in [1.807, 2.05) is 0 Å². The molecule has 0 heterocycles. The SMILES string of the molecule is COCCCOCc1cc([N+](=O)[O-])ccc1Cl. The fourth-order valence-electron chi connectivity index (χ4n) is 1.27. The van der Waals surface area contributed by atoms with E-state index in [4.69, 9.17) is 21.1 Å². The van der Waals surface area contributed by atoms with Crippen molar-refractivity contribution < 1.29 is 14.4 Å². The summed E-state index contributed by atoms with van der Waals surface area (Å²) in [6, 6.07) is 4.31. The molecular formula is C11H14ClNO4. The number of ether oxygens (including phenoxy) is 2. The first kappa shape index (κ1) is 13.9. The van der Waals surface area contributed by atoms with Gasteiger partial charge in [-0.1, -0.05) is 11.6 Å². The van der Waals surface area contributed by atoms with Crippen LogP contribution in [0.1, 0.15) is 12.0 Å². The van der Waals surface area contributed by atoms with Crippen LogP contribution in [0.3, 0.4) is 0 Å². The first-order valence-electron chi connectivity index (χ1n) is 5.14. The Kier molecular flexibility index (Phi) is 5.90. The average Bonchev–Trinajstić information content (AvgIpc) is 2.30. The molecule has 0 aliphatic rings. The van der Waals surface area contributed by atoms with Gasteiger partial charge in [0, 0.05) is 43.0 Å². The van der Waals surface area contributed by atoms with Gasteiger partial charge in [0.05, 0.1) is 11.5 Å². The van der Waals surface area contributed by atoms with E-state index in [1.54, 1.807) is 7.11 Å². The van der Waals surface area contributed by atoms with Crippen LogP contribution in [-0.2, 0) is 16.1 Å². The van der Waals surface area contributed by atoms with E-state index in [9.17, 15) is 10.1 Å². The van der Waals surface area contributed by atoms with E-state index in [-0.39, 0.29) is 12.3 Å². The number of nitro groups is 1. The lowest BCUT2D eigenvalue weighted by atomic mass is 10.2. The number of halogens is 1. The molecule has 17 heavy (non-hydrogen) atoms. The van der Waals surface area contributed by atoms with E-state index in [2.05, 4.69) is 0 Å². The van der Waals surface area contributed by atoms with Crippen LogP contribution in [0.5, 0.6) is 0 Å². The van der Waals surface area contributed by atoms with E-state index in [0.29, 0.717) is 23.8 Å². The van der Waals surface area contributed by atoms with E-state index in [0.717, 1.165) is 6.42 Å². The molecule has 0 atom stereocenters. The Morgan fingerprint density at radius 3 is 2.82 bits per heavy atom. The summed E-state index contributed by atoms with van der Waals surface area (Å²) in [4.78, 5) is 10.1. The Hall–Kier alpha value is -1.17. The van der Waals surface area contributed by atoms with Crippen LogP contribution in [0.2, 0.25) is 5.02 Å². The topological polar surface area (TPSA) is 61.6 Å². The lowest BCUT2D eigenvalue weighted by Gasteiger charge is -2.05. The second-order valence-electron chi connectivity index (χ2n) is 3.43. The fraction of sp³-hybridized carbons (Fsp3) is 0.455. The highest BCUT2D eigenvalue weighted by Crippen LogP contribution is 2.22. The number of benzene rings is 1. The Bertz CT molecular complexity index is 384. The van der Waals surface area contributed by atoms with Gasteiger partial charge in [-0.2, -0.15) is 0 Å². The van der Waals surface area contributed by atoms with Crippen molar-refractivity contribution in [2.75, 3.05) is 20.3 Å². The third-order valence-corrected chi connectivity index (χ3v) is 2.50. The predicted molar refractivity (Wildman–Crippen MR) is 64.3 cm³/mol. The van der Waals surface area contributed by atoms with Gasteiger partial charge in [0.15, 0.2) is 0 Å². The molecule has 1 aromatic carbocycles. The molecule has 0 radical (unpaired) electrons. The monoisotopic (exact) mass is 259 g/mol. The van der Waals surface area contributed by atoms with Gasteiger partial charge in [-0.25, -0.2) is 0 Å². The van der Waals surface area contributed by atoms with Gasteiger partial charge >= 0.3 is 0 Å². The molecule has 94 valence electrons. The summed E-state index contributed by atoms with van der Waals surface area (Å²) < 4.78 is 10.2. The zero-order chi connectivity index (χ0) is 12.7. The highest BCUT2D eigenvalue weighted by Gasteiger charge is 2.09. The number of hydrogen-bond acceptors (Lipinski definition) is 4. The maximum atomic E-state index is 10.6. The Morgan fingerprint density at radius 2 is 2.18 bits per heavy atom. The lowest BCUT2D eigenvalue weighted by Crippen LogP contribution is -2.00. The molecule has 0 N–H and O–H groups in total. The van der Waals surface area contributed by atoms with Gasteiger partial charge < -0.3 is 9.47 Å². The van der Waals surface area contributed by atoms with E-state index >= 15 is 0 Å². The maximum absolute atomic E-state index is 10.6. The van der Waals surface area contributed by atoms with Gasteiger partial charge in [0.2, 0.25) is 0 Å². The molecule has 0 aliphatic heterocycles. The second-order valence-corrected chi connectivity index (χ2v) is 3.84. The number of rotatable bonds is 7. The van der Waals surface area contributed by atoms with Crippen molar-refractivity contribution in [2.45, 2.75) is 13.0 Å². The summed E-state index contributed by atoms with van der Waals surface area (Å²) in [7, 11) is 1.62. The van der Waals surface area contributed by atoms with Gasteiger partial charge in [0.25, 0.3) is 5.69 Å². The molecule has 5 nitrogen and oxygen atoms in total. The molecule has 6 heteroatoms.